The van der Waals surface area contributed by atoms with Gasteiger partial charge in [0.1, 0.15) is 0 Å². The first-order valence-electron chi connectivity index (χ1n) is 12.2. The monoisotopic (exact) mass is 495 g/mol. The van der Waals surface area contributed by atoms with Crippen molar-refractivity contribution >= 4 is 22.8 Å². The van der Waals surface area contributed by atoms with E-state index < -0.39 is 5.60 Å². The van der Waals surface area contributed by atoms with Gasteiger partial charge >= 0.3 is 0 Å². The van der Waals surface area contributed by atoms with Gasteiger partial charge < -0.3 is 19.7 Å². The van der Waals surface area contributed by atoms with E-state index in [2.05, 4.69) is 10.4 Å². The Morgan fingerprint density at radius 3 is 2.27 bits per heavy atom. The maximum absolute atomic E-state index is 13.1. The largest absolute Gasteiger partial charge is 0.383 e. The van der Waals surface area contributed by atoms with Crippen LogP contribution in [0.5, 0.6) is 0 Å². The van der Waals surface area contributed by atoms with Gasteiger partial charge in [-0.05, 0) is 36.2 Å². The van der Waals surface area contributed by atoms with Crippen LogP contribution in [0.2, 0.25) is 0 Å². The van der Waals surface area contributed by atoms with Crippen molar-refractivity contribution in [1.29, 1.82) is 0 Å². The fraction of sp³-hybridized carbons (Fsp3) is 0.207. The first kappa shape index (κ1) is 24.4. The Labute approximate surface area is 215 Å². The topological polar surface area (TPSA) is 94.2 Å². The highest BCUT2D eigenvalue weighted by Gasteiger charge is 2.39. The molecule has 0 aliphatic carbocycles. The summed E-state index contributed by atoms with van der Waals surface area (Å²) >= 11 is 0. The molecule has 0 bridgehead atoms. The Kier molecular flexibility index (Phi) is 6.85. The Hall–Kier alpha value is -4.27. The number of rotatable bonds is 9. The van der Waals surface area contributed by atoms with Crippen LogP contribution in [0.1, 0.15) is 34.2 Å². The molecule has 0 spiro atoms. The number of hydrogen-bond acceptors (Lipinski definition) is 5. The summed E-state index contributed by atoms with van der Waals surface area (Å²) in [5.41, 5.74) is 1.73. The van der Waals surface area contributed by atoms with Gasteiger partial charge in [0.05, 0.1) is 17.6 Å². The number of aryl methyl sites for hydroxylation is 1. The lowest BCUT2D eigenvalue weighted by Crippen LogP contribution is -2.33. The van der Waals surface area contributed by atoms with E-state index in [0.717, 1.165) is 12.1 Å². The quantitative estimate of drug-likeness (QED) is 0.315. The number of aromatic nitrogens is 4. The fourth-order valence-corrected chi connectivity index (χ4v) is 4.53. The highest BCUT2D eigenvalue weighted by Crippen LogP contribution is 2.37. The molecule has 8 heteroatoms. The van der Waals surface area contributed by atoms with Crippen LogP contribution in [0.4, 0.5) is 5.82 Å². The van der Waals surface area contributed by atoms with Gasteiger partial charge in [0.2, 0.25) is 0 Å². The molecule has 0 saturated heterocycles. The zero-order valence-corrected chi connectivity index (χ0v) is 20.8. The molecule has 0 fully saturated rings. The van der Waals surface area contributed by atoms with Crippen LogP contribution in [0.15, 0.2) is 91.1 Å². The van der Waals surface area contributed by atoms with Crippen LogP contribution in [-0.2, 0) is 23.4 Å². The van der Waals surface area contributed by atoms with E-state index in [1.807, 2.05) is 78.4 Å². The van der Waals surface area contributed by atoms with Crippen molar-refractivity contribution in [3.8, 4) is 0 Å². The molecule has 0 atom stereocenters. The zero-order chi connectivity index (χ0) is 25.8. The number of nitrogens with zero attached hydrogens (tertiary/aromatic N) is 4. The molecular weight excluding hydrogens is 466 g/mol. The summed E-state index contributed by atoms with van der Waals surface area (Å²) in [7, 11) is 1.63. The van der Waals surface area contributed by atoms with Crippen molar-refractivity contribution in [2.75, 3.05) is 19.0 Å². The SMILES string of the molecule is CCn1ccc(NC(=O)c2ccc3nc(C(O)(c4ccccc4)c4ccccc4)n(CCOC)c3c2)n1. The Bertz CT molecular complexity index is 1470. The molecule has 37 heavy (non-hydrogen) atoms. The van der Waals surface area contributed by atoms with Crippen LogP contribution < -0.4 is 5.32 Å². The van der Waals surface area contributed by atoms with E-state index in [-0.39, 0.29) is 5.91 Å². The number of benzene rings is 3. The number of fused-ring (bicyclic) bond motifs is 1. The van der Waals surface area contributed by atoms with Crippen LogP contribution in [-0.4, -0.2) is 44.1 Å². The molecule has 2 heterocycles. The van der Waals surface area contributed by atoms with Crippen molar-refractivity contribution in [3.05, 3.63) is 114 Å². The molecule has 0 radical (unpaired) electrons. The van der Waals surface area contributed by atoms with Gasteiger partial charge in [-0.25, -0.2) is 4.98 Å². The zero-order valence-electron chi connectivity index (χ0n) is 20.8. The summed E-state index contributed by atoms with van der Waals surface area (Å²) in [6, 6.07) is 26.1. The lowest BCUT2D eigenvalue weighted by atomic mass is 9.85. The maximum atomic E-state index is 13.1. The highest BCUT2D eigenvalue weighted by molar-refractivity contribution is 6.05. The van der Waals surface area contributed by atoms with Crippen molar-refractivity contribution in [3.63, 3.8) is 0 Å². The summed E-state index contributed by atoms with van der Waals surface area (Å²) in [5, 5.41) is 19.6. The minimum atomic E-state index is -1.52. The van der Waals surface area contributed by atoms with E-state index in [9.17, 15) is 9.90 Å². The number of imidazole rings is 1. The highest BCUT2D eigenvalue weighted by atomic mass is 16.5. The summed E-state index contributed by atoms with van der Waals surface area (Å²) < 4.78 is 9.07. The van der Waals surface area contributed by atoms with Gasteiger partial charge in [0.25, 0.3) is 5.91 Å². The molecule has 8 nitrogen and oxygen atoms in total. The third-order valence-electron chi connectivity index (χ3n) is 6.44. The molecule has 5 rings (SSSR count). The number of aliphatic hydroxyl groups is 1. The molecule has 0 unspecified atom stereocenters. The van der Waals surface area contributed by atoms with E-state index in [1.54, 1.807) is 36.1 Å². The van der Waals surface area contributed by atoms with Gasteiger partial charge in [0, 0.05) is 38.0 Å². The Morgan fingerprint density at radius 2 is 1.68 bits per heavy atom. The van der Waals surface area contributed by atoms with Crippen LogP contribution in [0, 0.1) is 0 Å². The smallest absolute Gasteiger partial charge is 0.256 e. The van der Waals surface area contributed by atoms with Gasteiger partial charge in [-0.2, -0.15) is 5.10 Å². The minimum Gasteiger partial charge on any atom is -0.383 e. The predicted molar refractivity (Wildman–Crippen MR) is 142 cm³/mol. The molecule has 2 aromatic heterocycles. The van der Waals surface area contributed by atoms with E-state index in [0.29, 0.717) is 47.0 Å². The average Bonchev–Trinajstić information content (AvgIpc) is 3.56. The van der Waals surface area contributed by atoms with E-state index >= 15 is 0 Å². The number of carbonyl (C=O) groups excluding carboxylic acids is 1. The molecule has 0 aliphatic heterocycles. The van der Waals surface area contributed by atoms with Crippen molar-refractivity contribution < 1.29 is 14.6 Å². The number of amides is 1. The van der Waals surface area contributed by atoms with Crippen LogP contribution in [0.25, 0.3) is 11.0 Å². The minimum absolute atomic E-state index is 0.273. The third-order valence-corrected chi connectivity index (χ3v) is 6.44. The lowest BCUT2D eigenvalue weighted by molar-refractivity contribution is 0.102. The molecule has 3 aromatic carbocycles. The van der Waals surface area contributed by atoms with E-state index in [4.69, 9.17) is 9.72 Å². The van der Waals surface area contributed by atoms with Gasteiger partial charge in [0.15, 0.2) is 17.2 Å². The standard InChI is InChI=1S/C29H29N5O3/c1-3-33-17-16-26(32-33)31-27(35)21-14-15-24-25(20-21)34(18-19-37-2)28(30-24)29(36,22-10-6-4-7-11-22)23-12-8-5-9-13-23/h4-17,20,36H,3,18-19H2,1-2H3,(H,31,32,35). The first-order valence-corrected chi connectivity index (χ1v) is 12.2. The molecule has 0 aliphatic rings. The number of ether oxygens (including phenoxy) is 1. The number of methoxy groups -OCH3 is 1. The summed E-state index contributed by atoms with van der Waals surface area (Å²) in [6.07, 6.45) is 1.82. The summed E-state index contributed by atoms with van der Waals surface area (Å²) in [5.74, 6) is 0.671. The normalized spacial score (nSPS) is 11.6. The fourth-order valence-electron chi connectivity index (χ4n) is 4.53. The van der Waals surface area contributed by atoms with Gasteiger partial charge in [-0.3, -0.25) is 9.48 Å². The number of hydrogen-bond donors (Lipinski definition) is 2. The van der Waals surface area contributed by atoms with Gasteiger partial charge in [-0.1, -0.05) is 60.7 Å². The van der Waals surface area contributed by atoms with E-state index in [1.165, 1.54) is 0 Å². The number of anilines is 1. The van der Waals surface area contributed by atoms with Crippen molar-refractivity contribution in [2.24, 2.45) is 0 Å². The first-order chi connectivity index (χ1) is 18.0. The van der Waals surface area contributed by atoms with Crippen LogP contribution in [0.3, 0.4) is 0 Å². The third kappa shape index (κ3) is 4.64. The number of nitrogens with one attached hydrogen (secondary N) is 1. The second kappa shape index (κ2) is 10.4. The maximum Gasteiger partial charge on any atom is 0.256 e. The average molecular weight is 496 g/mol. The van der Waals surface area contributed by atoms with Gasteiger partial charge in [-0.15, -0.1) is 0 Å². The van der Waals surface area contributed by atoms with Crippen molar-refractivity contribution in [1.82, 2.24) is 19.3 Å². The Morgan fingerprint density at radius 1 is 1.00 bits per heavy atom. The molecular formula is C29H29N5O3. The number of carbonyl (C=O) groups is 1. The molecule has 188 valence electrons. The van der Waals surface area contributed by atoms with Crippen LogP contribution >= 0.6 is 0 Å². The Balaban J connectivity index is 1.64. The second-order valence-corrected chi connectivity index (χ2v) is 8.74. The molecule has 2 N–H and O–H groups in total. The molecule has 1 amide bonds. The summed E-state index contributed by atoms with van der Waals surface area (Å²) in [4.78, 5) is 18.0. The lowest BCUT2D eigenvalue weighted by Gasteiger charge is -2.29. The van der Waals surface area contributed by atoms with Crippen molar-refractivity contribution in [2.45, 2.75) is 25.6 Å². The summed E-state index contributed by atoms with van der Waals surface area (Å²) in [6.45, 7) is 3.55. The predicted octanol–water partition coefficient (Wildman–Crippen LogP) is 4.44. The molecule has 0 saturated carbocycles. The molecule has 5 aromatic rings. The second-order valence-electron chi connectivity index (χ2n) is 8.74.